The third-order valence-corrected chi connectivity index (χ3v) is 2.10. The molecule has 0 spiro atoms. The molecule has 1 aliphatic heterocycles. The Labute approximate surface area is 83.6 Å². The van der Waals surface area contributed by atoms with Gasteiger partial charge < -0.3 is 16.0 Å². The molecule has 0 aromatic rings. The van der Waals surface area contributed by atoms with Crippen LogP contribution in [-0.4, -0.2) is 37.5 Å². The number of carbonyl (C=O) groups is 2. The fraction of sp³-hybridized carbons (Fsp3) is 0.778. The van der Waals surface area contributed by atoms with Gasteiger partial charge in [0.2, 0.25) is 11.8 Å². The van der Waals surface area contributed by atoms with Crippen molar-refractivity contribution in [2.75, 3.05) is 19.6 Å². The lowest BCUT2D eigenvalue weighted by Crippen LogP contribution is -2.40. The second-order valence-corrected chi connectivity index (χ2v) is 3.44. The summed E-state index contributed by atoms with van der Waals surface area (Å²) in [5.41, 5.74) is 0. The number of hydrogen-bond acceptors (Lipinski definition) is 3. The number of nitrogens with one attached hydrogen (secondary N) is 3. The molecule has 0 aromatic carbocycles. The summed E-state index contributed by atoms with van der Waals surface area (Å²) in [4.78, 5) is 22.0. The summed E-state index contributed by atoms with van der Waals surface area (Å²) in [7, 11) is 0. The van der Waals surface area contributed by atoms with Crippen LogP contribution in [0.3, 0.4) is 0 Å². The smallest absolute Gasteiger partial charge is 0.233 e. The lowest BCUT2D eigenvalue weighted by atomic mass is 10.2. The van der Waals surface area contributed by atoms with E-state index in [9.17, 15) is 9.59 Å². The number of amides is 2. The van der Waals surface area contributed by atoms with Crippen molar-refractivity contribution in [3.05, 3.63) is 0 Å². The summed E-state index contributed by atoms with van der Waals surface area (Å²) < 4.78 is 0. The number of hydrogen-bond donors (Lipinski definition) is 3. The lowest BCUT2D eigenvalue weighted by Gasteiger charge is -2.09. The van der Waals surface area contributed by atoms with Crippen molar-refractivity contribution in [2.45, 2.75) is 25.8 Å². The first kappa shape index (κ1) is 11.0. The zero-order valence-corrected chi connectivity index (χ0v) is 8.43. The van der Waals surface area contributed by atoms with Crippen LogP contribution in [-0.2, 0) is 9.59 Å². The molecule has 2 amide bonds. The van der Waals surface area contributed by atoms with Crippen LogP contribution in [0.2, 0.25) is 0 Å². The third-order valence-electron chi connectivity index (χ3n) is 2.10. The maximum absolute atomic E-state index is 11.2. The highest BCUT2D eigenvalue weighted by molar-refractivity contribution is 5.80. The van der Waals surface area contributed by atoms with Gasteiger partial charge in [0.15, 0.2) is 0 Å². The van der Waals surface area contributed by atoms with E-state index in [0.717, 1.165) is 6.42 Å². The molecule has 3 N–H and O–H groups in total. The second-order valence-electron chi connectivity index (χ2n) is 3.44. The molecule has 1 saturated heterocycles. The van der Waals surface area contributed by atoms with Crippen molar-refractivity contribution in [3.63, 3.8) is 0 Å². The van der Waals surface area contributed by atoms with Crippen LogP contribution >= 0.6 is 0 Å². The standard InChI is InChI=1S/C9H17N3O2/c1-2-3-10-9(14)6-11-7-4-8(13)12-5-7/h7,11H,2-6H2,1H3,(H,10,14)(H,12,13). The molecular weight excluding hydrogens is 182 g/mol. The van der Waals surface area contributed by atoms with Crippen molar-refractivity contribution >= 4 is 11.8 Å². The summed E-state index contributed by atoms with van der Waals surface area (Å²) in [6.45, 7) is 3.63. The molecule has 5 heteroatoms. The van der Waals surface area contributed by atoms with Crippen LogP contribution in [0.1, 0.15) is 19.8 Å². The summed E-state index contributed by atoms with van der Waals surface area (Å²) in [6.07, 6.45) is 1.41. The molecule has 1 rings (SSSR count). The van der Waals surface area contributed by atoms with Crippen molar-refractivity contribution in [1.82, 2.24) is 16.0 Å². The van der Waals surface area contributed by atoms with Gasteiger partial charge in [0.25, 0.3) is 0 Å². The molecule has 1 aliphatic rings. The minimum absolute atomic E-state index is 0.00815. The zero-order chi connectivity index (χ0) is 10.4. The van der Waals surface area contributed by atoms with Crippen molar-refractivity contribution in [3.8, 4) is 0 Å². The minimum atomic E-state index is -0.00815. The first-order chi connectivity index (χ1) is 6.72. The normalized spacial score (nSPS) is 20.6. The van der Waals surface area contributed by atoms with E-state index in [1.54, 1.807) is 0 Å². The highest BCUT2D eigenvalue weighted by atomic mass is 16.2. The van der Waals surface area contributed by atoms with Crippen molar-refractivity contribution in [2.24, 2.45) is 0 Å². The molecule has 5 nitrogen and oxygen atoms in total. The average molecular weight is 199 g/mol. The van der Waals surface area contributed by atoms with Gasteiger partial charge in [0.1, 0.15) is 0 Å². The van der Waals surface area contributed by atoms with Crippen LogP contribution in [0.25, 0.3) is 0 Å². The van der Waals surface area contributed by atoms with Gasteiger partial charge >= 0.3 is 0 Å². The number of carbonyl (C=O) groups excluding carboxylic acids is 2. The monoisotopic (exact) mass is 199 g/mol. The molecule has 1 fully saturated rings. The van der Waals surface area contributed by atoms with Gasteiger partial charge in [0.05, 0.1) is 6.54 Å². The van der Waals surface area contributed by atoms with Crippen LogP contribution in [0.4, 0.5) is 0 Å². The predicted octanol–water partition coefficient (Wildman–Crippen LogP) is -1.01. The van der Waals surface area contributed by atoms with Gasteiger partial charge in [-0.2, -0.15) is 0 Å². The fourth-order valence-corrected chi connectivity index (χ4v) is 1.31. The molecule has 0 aliphatic carbocycles. The first-order valence-corrected chi connectivity index (χ1v) is 4.99. The maximum Gasteiger partial charge on any atom is 0.233 e. The molecule has 80 valence electrons. The Hall–Kier alpha value is -1.10. The first-order valence-electron chi connectivity index (χ1n) is 4.99. The molecule has 0 saturated carbocycles. The molecule has 1 heterocycles. The Balaban J connectivity index is 2.08. The Bertz CT molecular complexity index is 218. The molecule has 1 atom stereocenters. The third kappa shape index (κ3) is 3.74. The van der Waals surface area contributed by atoms with Gasteiger partial charge in [-0.25, -0.2) is 0 Å². The largest absolute Gasteiger partial charge is 0.355 e. The highest BCUT2D eigenvalue weighted by Gasteiger charge is 2.20. The van der Waals surface area contributed by atoms with E-state index < -0.39 is 0 Å². The van der Waals surface area contributed by atoms with E-state index in [1.165, 1.54) is 0 Å². The molecule has 0 aromatic heterocycles. The van der Waals surface area contributed by atoms with Crippen LogP contribution in [0.5, 0.6) is 0 Å². The summed E-state index contributed by atoms with van der Waals surface area (Å²) in [5, 5.41) is 8.49. The van der Waals surface area contributed by atoms with E-state index in [1.807, 2.05) is 6.92 Å². The highest BCUT2D eigenvalue weighted by Crippen LogP contribution is 1.97. The Morgan fingerprint density at radius 1 is 1.64 bits per heavy atom. The van der Waals surface area contributed by atoms with Crippen molar-refractivity contribution < 1.29 is 9.59 Å². The van der Waals surface area contributed by atoms with Crippen LogP contribution in [0, 0.1) is 0 Å². The quantitative estimate of drug-likeness (QED) is 0.531. The van der Waals surface area contributed by atoms with Gasteiger partial charge in [-0.15, -0.1) is 0 Å². The molecule has 1 unspecified atom stereocenters. The van der Waals surface area contributed by atoms with E-state index in [2.05, 4.69) is 16.0 Å². The maximum atomic E-state index is 11.2. The van der Waals surface area contributed by atoms with E-state index in [0.29, 0.717) is 26.1 Å². The van der Waals surface area contributed by atoms with Crippen LogP contribution in [0.15, 0.2) is 0 Å². The molecular formula is C9H17N3O2. The second kappa shape index (κ2) is 5.59. The van der Waals surface area contributed by atoms with Crippen molar-refractivity contribution in [1.29, 1.82) is 0 Å². The molecule has 14 heavy (non-hydrogen) atoms. The van der Waals surface area contributed by atoms with Crippen LogP contribution < -0.4 is 16.0 Å². The average Bonchev–Trinajstić information content (AvgIpc) is 2.58. The Kier molecular flexibility index (Phi) is 4.39. The SMILES string of the molecule is CCCNC(=O)CNC1CNC(=O)C1. The predicted molar refractivity (Wildman–Crippen MR) is 52.7 cm³/mol. The zero-order valence-electron chi connectivity index (χ0n) is 8.43. The summed E-state index contributed by atoms with van der Waals surface area (Å²) >= 11 is 0. The lowest BCUT2D eigenvalue weighted by molar-refractivity contribution is -0.121. The van der Waals surface area contributed by atoms with Gasteiger partial charge in [-0.05, 0) is 6.42 Å². The topological polar surface area (TPSA) is 70.2 Å². The van der Waals surface area contributed by atoms with Gasteiger partial charge in [-0.1, -0.05) is 6.92 Å². The summed E-state index contributed by atoms with van der Waals surface area (Å²) in [6, 6.07) is 0.106. The minimum Gasteiger partial charge on any atom is -0.355 e. The van der Waals surface area contributed by atoms with E-state index in [4.69, 9.17) is 0 Å². The van der Waals surface area contributed by atoms with E-state index >= 15 is 0 Å². The van der Waals surface area contributed by atoms with E-state index in [-0.39, 0.29) is 17.9 Å². The Morgan fingerprint density at radius 2 is 2.43 bits per heavy atom. The van der Waals surface area contributed by atoms with Gasteiger partial charge in [-0.3, -0.25) is 9.59 Å². The van der Waals surface area contributed by atoms with Gasteiger partial charge in [0, 0.05) is 25.6 Å². The number of rotatable bonds is 5. The molecule has 0 radical (unpaired) electrons. The summed E-state index contributed by atoms with van der Waals surface area (Å²) in [5.74, 6) is 0.0441. The fourth-order valence-electron chi connectivity index (χ4n) is 1.31. The molecule has 0 bridgehead atoms. The Morgan fingerprint density at radius 3 is 3.00 bits per heavy atom.